The van der Waals surface area contributed by atoms with Crippen molar-refractivity contribution in [1.29, 1.82) is 0 Å². The number of hydrogen-bond donors (Lipinski definition) is 2. The zero-order chi connectivity index (χ0) is 26.6. The number of nitrogens with zero attached hydrogens (tertiary/aromatic N) is 3. The molecule has 0 bridgehead atoms. The highest BCUT2D eigenvalue weighted by Gasteiger charge is 2.43. The summed E-state index contributed by atoms with van der Waals surface area (Å²) in [7, 11) is -8.10. The van der Waals surface area contributed by atoms with Gasteiger partial charge in [0, 0.05) is 25.2 Å². The van der Waals surface area contributed by atoms with E-state index in [0.717, 1.165) is 8.61 Å². The zero-order valence-electron chi connectivity index (χ0n) is 19.9. The Balaban J connectivity index is 1.66. The van der Waals surface area contributed by atoms with Crippen LogP contribution in [0, 0.1) is 0 Å². The van der Waals surface area contributed by atoms with Gasteiger partial charge in [0.2, 0.25) is 20.0 Å². The van der Waals surface area contributed by atoms with E-state index in [4.69, 9.17) is 0 Å². The average Bonchev–Trinajstić information content (AvgIpc) is 2.92. The first kappa shape index (κ1) is 26.5. The minimum absolute atomic E-state index is 0.0129. The molecule has 0 aliphatic carbocycles. The molecule has 1 aliphatic heterocycles. The number of aromatic hydroxyl groups is 1. The quantitative estimate of drug-likeness (QED) is 0.346. The van der Waals surface area contributed by atoms with Crippen LogP contribution in [0.15, 0.2) is 99.8 Å². The molecule has 1 atom stereocenters. The first-order valence-corrected chi connectivity index (χ1v) is 14.2. The number of carbonyl (C=O) groups is 1. The van der Waals surface area contributed by atoms with Crippen LogP contribution in [0.2, 0.25) is 0 Å². The minimum Gasteiger partial charge on any atom is -0.507 e. The second-order valence-corrected chi connectivity index (χ2v) is 12.1. The lowest BCUT2D eigenvalue weighted by molar-refractivity contribution is -0.125. The van der Waals surface area contributed by atoms with Crippen LogP contribution in [0.5, 0.6) is 5.75 Å². The van der Waals surface area contributed by atoms with E-state index in [1.165, 1.54) is 30.3 Å². The summed E-state index contributed by atoms with van der Waals surface area (Å²) in [5, 5.41) is 14.1. The van der Waals surface area contributed by atoms with Gasteiger partial charge in [-0.2, -0.15) is 13.7 Å². The van der Waals surface area contributed by atoms with Gasteiger partial charge in [0.15, 0.2) is 0 Å². The van der Waals surface area contributed by atoms with Gasteiger partial charge in [-0.25, -0.2) is 22.3 Å². The molecule has 37 heavy (non-hydrogen) atoms. The summed E-state index contributed by atoms with van der Waals surface area (Å²) >= 11 is 0. The first-order chi connectivity index (χ1) is 17.6. The predicted octanol–water partition coefficient (Wildman–Crippen LogP) is 2.00. The van der Waals surface area contributed by atoms with Gasteiger partial charge in [0.05, 0.1) is 15.5 Å². The van der Waals surface area contributed by atoms with E-state index in [1.807, 2.05) is 0 Å². The zero-order valence-corrected chi connectivity index (χ0v) is 21.6. The molecule has 2 N–H and O–H groups in total. The molecule has 1 aliphatic rings. The Morgan fingerprint density at radius 2 is 1.38 bits per heavy atom. The maximum absolute atomic E-state index is 13.4. The molecular weight excluding hydrogens is 516 g/mol. The third-order valence-corrected chi connectivity index (χ3v) is 9.76. The molecule has 3 aromatic carbocycles. The molecule has 0 saturated carbocycles. The second-order valence-electron chi connectivity index (χ2n) is 8.31. The van der Waals surface area contributed by atoms with Crippen molar-refractivity contribution < 1.29 is 26.7 Å². The fraction of sp³-hybridized carbons (Fsp3) is 0.200. The van der Waals surface area contributed by atoms with Gasteiger partial charge >= 0.3 is 0 Å². The Hall–Kier alpha value is -3.58. The topological polar surface area (TPSA) is 136 Å². The van der Waals surface area contributed by atoms with Gasteiger partial charge < -0.3 is 5.11 Å². The molecule has 10 nitrogen and oxygen atoms in total. The van der Waals surface area contributed by atoms with Crippen LogP contribution >= 0.6 is 0 Å². The van der Waals surface area contributed by atoms with Crippen LogP contribution in [0.25, 0.3) is 0 Å². The molecule has 12 heteroatoms. The monoisotopic (exact) mass is 542 g/mol. The van der Waals surface area contributed by atoms with Crippen LogP contribution in [0.3, 0.4) is 0 Å². The second kappa shape index (κ2) is 10.8. The molecule has 1 heterocycles. The van der Waals surface area contributed by atoms with E-state index in [9.17, 15) is 26.7 Å². The summed E-state index contributed by atoms with van der Waals surface area (Å²) in [5.41, 5.74) is 3.02. The molecule has 1 unspecified atom stereocenters. The Morgan fingerprint density at radius 3 is 1.97 bits per heavy atom. The van der Waals surface area contributed by atoms with E-state index in [2.05, 4.69) is 10.5 Å². The van der Waals surface area contributed by atoms with Crippen molar-refractivity contribution in [2.75, 3.05) is 19.6 Å². The number of benzene rings is 3. The van der Waals surface area contributed by atoms with Crippen molar-refractivity contribution in [3.05, 3.63) is 90.5 Å². The van der Waals surface area contributed by atoms with Gasteiger partial charge in [-0.3, -0.25) is 4.79 Å². The maximum atomic E-state index is 13.4. The lowest BCUT2D eigenvalue weighted by Crippen LogP contribution is -2.60. The summed E-state index contributed by atoms with van der Waals surface area (Å²) in [6.07, 6.45) is 0. The number of amides is 1. The van der Waals surface area contributed by atoms with Crippen LogP contribution in [0.1, 0.15) is 12.5 Å². The summed E-state index contributed by atoms with van der Waals surface area (Å²) in [6.45, 7) is 0.804. The number of piperazine rings is 1. The van der Waals surface area contributed by atoms with Crippen molar-refractivity contribution in [1.82, 2.24) is 14.0 Å². The number of para-hydroxylation sites is 1. The van der Waals surface area contributed by atoms with Gasteiger partial charge in [-0.15, -0.1) is 0 Å². The largest absolute Gasteiger partial charge is 0.507 e. The molecule has 1 saturated heterocycles. The third kappa shape index (κ3) is 5.57. The summed E-state index contributed by atoms with van der Waals surface area (Å²) in [4.78, 5) is 13.3. The van der Waals surface area contributed by atoms with Gasteiger partial charge in [0.25, 0.3) is 5.91 Å². The van der Waals surface area contributed by atoms with Crippen LogP contribution in [-0.4, -0.2) is 67.8 Å². The summed E-state index contributed by atoms with van der Waals surface area (Å²) in [6, 6.07) is 20.4. The van der Waals surface area contributed by atoms with Crippen LogP contribution < -0.4 is 5.43 Å². The van der Waals surface area contributed by atoms with Gasteiger partial charge in [-0.05, 0) is 43.3 Å². The van der Waals surface area contributed by atoms with Crippen LogP contribution in [-0.2, 0) is 24.8 Å². The molecule has 1 fully saturated rings. The van der Waals surface area contributed by atoms with Crippen molar-refractivity contribution in [2.24, 2.45) is 5.10 Å². The van der Waals surface area contributed by atoms with Crippen molar-refractivity contribution in [3.8, 4) is 5.75 Å². The van der Waals surface area contributed by atoms with Gasteiger partial charge in [0.1, 0.15) is 11.8 Å². The number of nitrogens with one attached hydrogen (secondary N) is 1. The molecule has 0 spiro atoms. The Kier molecular flexibility index (Phi) is 7.73. The van der Waals surface area contributed by atoms with Crippen LogP contribution in [0.4, 0.5) is 0 Å². The SMILES string of the molecule is CC(=NNC(=O)C1CN(S(=O)(=O)c2ccccc2)CCN1S(=O)(=O)c1ccccc1)c1ccccc1O. The van der Waals surface area contributed by atoms with E-state index in [0.29, 0.717) is 5.56 Å². The fourth-order valence-corrected chi connectivity index (χ4v) is 7.03. The molecule has 0 radical (unpaired) electrons. The predicted molar refractivity (Wildman–Crippen MR) is 138 cm³/mol. The number of phenols is 1. The Bertz CT molecular complexity index is 1510. The molecule has 1 amide bonds. The normalized spacial score (nSPS) is 17.9. The number of sulfonamides is 2. The lowest BCUT2D eigenvalue weighted by atomic mass is 10.1. The lowest BCUT2D eigenvalue weighted by Gasteiger charge is -2.38. The number of phenolic OH excluding ortho intramolecular Hbond substituents is 1. The molecule has 194 valence electrons. The Morgan fingerprint density at radius 1 is 0.838 bits per heavy atom. The van der Waals surface area contributed by atoms with E-state index >= 15 is 0 Å². The molecule has 3 aromatic rings. The summed E-state index contributed by atoms with van der Waals surface area (Å²) in [5.74, 6) is -0.841. The number of hydrazone groups is 1. The number of carbonyl (C=O) groups excluding carboxylic acids is 1. The fourth-order valence-electron chi connectivity index (χ4n) is 3.98. The maximum Gasteiger partial charge on any atom is 0.259 e. The summed E-state index contributed by atoms with van der Waals surface area (Å²) < 4.78 is 55.5. The van der Waals surface area contributed by atoms with Crippen molar-refractivity contribution >= 4 is 31.7 Å². The number of rotatable bonds is 7. The molecule has 0 aromatic heterocycles. The first-order valence-electron chi connectivity index (χ1n) is 11.4. The molecule has 4 rings (SSSR count). The van der Waals surface area contributed by atoms with E-state index in [-0.39, 0.29) is 34.3 Å². The highest BCUT2D eigenvalue weighted by molar-refractivity contribution is 7.89. The number of hydrogen-bond acceptors (Lipinski definition) is 7. The smallest absolute Gasteiger partial charge is 0.259 e. The molecular formula is C25H26N4O6S2. The Labute approximate surface area is 216 Å². The standard InChI is InChI=1S/C25H26N4O6S2/c1-19(22-14-8-9-15-24(22)30)26-27-25(31)23-18-28(36(32,33)20-10-4-2-5-11-20)16-17-29(23)37(34,35)21-12-6-3-7-13-21/h2-15,23,30H,16-18H2,1H3,(H,27,31). The van der Waals surface area contributed by atoms with Gasteiger partial charge in [-0.1, -0.05) is 48.5 Å². The highest BCUT2D eigenvalue weighted by Crippen LogP contribution is 2.25. The average molecular weight is 543 g/mol. The van der Waals surface area contributed by atoms with Crippen molar-refractivity contribution in [3.63, 3.8) is 0 Å². The highest BCUT2D eigenvalue weighted by atomic mass is 32.2. The third-order valence-electron chi connectivity index (χ3n) is 5.96. The van der Waals surface area contributed by atoms with E-state index in [1.54, 1.807) is 61.5 Å². The van der Waals surface area contributed by atoms with Crippen molar-refractivity contribution in [2.45, 2.75) is 22.8 Å². The minimum atomic E-state index is -4.12. The van der Waals surface area contributed by atoms with E-state index < -0.39 is 38.5 Å².